The van der Waals surface area contributed by atoms with E-state index in [1.807, 2.05) is 12.1 Å². The highest BCUT2D eigenvalue weighted by Crippen LogP contribution is 2.29. The summed E-state index contributed by atoms with van der Waals surface area (Å²) in [5, 5.41) is 18.5. The molecular weight excluding hydrogens is 234 g/mol. The zero-order valence-electron chi connectivity index (χ0n) is 10.1. The number of aliphatic hydroxyl groups excluding tert-OH is 1. The van der Waals surface area contributed by atoms with Crippen molar-refractivity contribution in [1.82, 2.24) is 0 Å². The van der Waals surface area contributed by atoms with Gasteiger partial charge in [0.25, 0.3) is 0 Å². The second-order valence-electron chi connectivity index (χ2n) is 3.74. The zero-order valence-corrected chi connectivity index (χ0v) is 11.0. The van der Waals surface area contributed by atoms with E-state index in [-0.39, 0.29) is 0 Å². The first-order valence-corrected chi connectivity index (χ1v) is 6.51. The first-order chi connectivity index (χ1) is 8.19. The Morgan fingerprint density at radius 2 is 2.29 bits per heavy atom. The molecule has 0 heterocycles. The number of nitrogens with zero attached hydrogens (tertiary/aromatic N) is 1. The van der Waals surface area contributed by atoms with Gasteiger partial charge in [-0.3, -0.25) is 0 Å². The molecule has 0 aliphatic carbocycles. The number of nitriles is 1. The second kappa shape index (κ2) is 7.33. The maximum Gasteiger partial charge on any atom is 0.0992 e. The van der Waals surface area contributed by atoms with Gasteiger partial charge in [-0.05, 0) is 31.0 Å². The third kappa shape index (κ3) is 4.39. The number of hydrogen-bond donors (Lipinski definition) is 1. The van der Waals surface area contributed by atoms with Crippen LogP contribution in [0.25, 0.3) is 0 Å². The van der Waals surface area contributed by atoms with Crippen molar-refractivity contribution in [2.24, 2.45) is 0 Å². The largest absolute Gasteiger partial charge is 0.389 e. The standard InChI is InChI=1S/C13H17NO2S/c1-10(15)12-5-4-11(9-14)8-13(12)17-7-3-6-16-2/h4-5,8,10,15H,3,6-7H2,1-2H3/t10-/m0/s1. The van der Waals surface area contributed by atoms with Crippen molar-refractivity contribution in [3.8, 4) is 6.07 Å². The molecule has 0 amide bonds. The summed E-state index contributed by atoms with van der Waals surface area (Å²) in [4.78, 5) is 0.982. The lowest BCUT2D eigenvalue weighted by Gasteiger charge is -2.11. The summed E-state index contributed by atoms with van der Waals surface area (Å²) in [7, 11) is 1.68. The van der Waals surface area contributed by atoms with Crippen LogP contribution in [-0.2, 0) is 4.74 Å². The minimum absolute atomic E-state index is 0.507. The first kappa shape index (κ1) is 14.0. The van der Waals surface area contributed by atoms with Crippen molar-refractivity contribution in [2.45, 2.75) is 24.3 Å². The van der Waals surface area contributed by atoms with Gasteiger partial charge in [0.05, 0.1) is 17.7 Å². The highest BCUT2D eigenvalue weighted by Gasteiger charge is 2.09. The molecule has 0 unspecified atom stereocenters. The Kier molecular flexibility index (Phi) is 6.06. The van der Waals surface area contributed by atoms with Crippen LogP contribution in [0.2, 0.25) is 0 Å². The normalized spacial score (nSPS) is 12.1. The number of ether oxygens (including phenoxy) is 1. The molecule has 1 aromatic carbocycles. The molecule has 0 aliphatic rings. The van der Waals surface area contributed by atoms with Gasteiger partial charge in [0.1, 0.15) is 0 Å². The fourth-order valence-electron chi connectivity index (χ4n) is 1.46. The minimum Gasteiger partial charge on any atom is -0.389 e. The summed E-state index contributed by atoms with van der Waals surface area (Å²) in [6.45, 7) is 2.47. The van der Waals surface area contributed by atoms with Crippen molar-refractivity contribution >= 4 is 11.8 Å². The van der Waals surface area contributed by atoms with Crippen LogP contribution in [0.15, 0.2) is 23.1 Å². The predicted molar refractivity (Wildman–Crippen MR) is 69.0 cm³/mol. The molecule has 0 radical (unpaired) electrons. The van der Waals surface area contributed by atoms with Crippen LogP contribution >= 0.6 is 11.8 Å². The van der Waals surface area contributed by atoms with E-state index in [4.69, 9.17) is 10.00 Å². The molecule has 4 heteroatoms. The molecular formula is C13H17NO2S. The third-order valence-electron chi connectivity index (χ3n) is 2.34. The van der Waals surface area contributed by atoms with E-state index in [0.717, 1.165) is 29.2 Å². The van der Waals surface area contributed by atoms with Crippen LogP contribution in [0.1, 0.15) is 30.6 Å². The fraction of sp³-hybridized carbons (Fsp3) is 0.462. The van der Waals surface area contributed by atoms with Gasteiger partial charge in [-0.15, -0.1) is 11.8 Å². The van der Waals surface area contributed by atoms with E-state index in [1.54, 1.807) is 31.9 Å². The summed E-state index contributed by atoms with van der Waals surface area (Å²) < 4.78 is 4.99. The summed E-state index contributed by atoms with van der Waals surface area (Å²) in [5.74, 6) is 0.919. The lowest BCUT2D eigenvalue weighted by Crippen LogP contribution is -1.96. The summed E-state index contributed by atoms with van der Waals surface area (Å²) in [5.41, 5.74) is 1.51. The summed E-state index contributed by atoms with van der Waals surface area (Å²) in [6.07, 6.45) is 0.449. The number of aliphatic hydroxyl groups is 1. The van der Waals surface area contributed by atoms with Gasteiger partial charge in [0.2, 0.25) is 0 Å². The quantitative estimate of drug-likeness (QED) is 0.624. The van der Waals surface area contributed by atoms with Crippen LogP contribution in [0.5, 0.6) is 0 Å². The Balaban J connectivity index is 2.75. The van der Waals surface area contributed by atoms with Crippen LogP contribution in [0.4, 0.5) is 0 Å². The maximum atomic E-state index is 9.65. The van der Waals surface area contributed by atoms with E-state index in [1.165, 1.54) is 0 Å². The molecule has 0 aromatic heterocycles. The topological polar surface area (TPSA) is 53.2 Å². The zero-order chi connectivity index (χ0) is 12.7. The summed E-state index contributed by atoms with van der Waals surface area (Å²) in [6, 6.07) is 7.51. The molecule has 0 fully saturated rings. The molecule has 92 valence electrons. The van der Waals surface area contributed by atoms with Crippen molar-refractivity contribution in [2.75, 3.05) is 19.5 Å². The highest BCUT2D eigenvalue weighted by atomic mass is 32.2. The lowest BCUT2D eigenvalue weighted by molar-refractivity contribution is 0.196. The molecule has 0 saturated carbocycles. The van der Waals surface area contributed by atoms with Gasteiger partial charge < -0.3 is 9.84 Å². The highest BCUT2D eigenvalue weighted by molar-refractivity contribution is 7.99. The van der Waals surface area contributed by atoms with Crippen LogP contribution in [0, 0.1) is 11.3 Å². The van der Waals surface area contributed by atoms with E-state index in [2.05, 4.69) is 6.07 Å². The van der Waals surface area contributed by atoms with Gasteiger partial charge in [-0.25, -0.2) is 0 Å². The predicted octanol–water partition coefficient (Wildman–Crippen LogP) is 2.74. The molecule has 1 rings (SSSR count). The van der Waals surface area contributed by atoms with Gasteiger partial charge >= 0.3 is 0 Å². The van der Waals surface area contributed by atoms with Gasteiger partial charge in [-0.2, -0.15) is 5.26 Å². The molecule has 1 aromatic rings. The van der Waals surface area contributed by atoms with Crippen LogP contribution in [-0.4, -0.2) is 24.6 Å². The molecule has 3 nitrogen and oxygen atoms in total. The maximum absolute atomic E-state index is 9.65. The van der Waals surface area contributed by atoms with Crippen molar-refractivity contribution < 1.29 is 9.84 Å². The first-order valence-electron chi connectivity index (χ1n) is 5.53. The van der Waals surface area contributed by atoms with E-state index in [0.29, 0.717) is 5.56 Å². The molecule has 17 heavy (non-hydrogen) atoms. The van der Waals surface area contributed by atoms with Gasteiger partial charge in [0, 0.05) is 24.4 Å². The summed E-state index contributed by atoms with van der Waals surface area (Å²) >= 11 is 1.65. The number of methoxy groups -OCH3 is 1. The number of hydrogen-bond acceptors (Lipinski definition) is 4. The lowest BCUT2D eigenvalue weighted by atomic mass is 10.1. The Hall–Kier alpha value is -1.02. The van der Waals surface area contributed by atoms with E-state index < -0.39 is 6.10 Å². The van der Waals surface area contributed by atoms with E-state index in [9.17, 15) is 5.11 Å². The smallest absolute Gasteiger partial charge is 0.0992 e. The molecule has 1 atom stereocenters. The van der Waals surface area contributed by atoms with Crippen LogP contribution in [0.3, 0.4) is 0 Å². The Morgan fingerprint density at radius 1 is 1.53 bits per heavy atom. The Bertz CT molecular complexity index is 399. The van der Waals surface area contributed by atoms with Gasteiger partial charge in [0.15, 0.2) is 0 Å². The third-order valence-corrected chi connectivity index (χ3v) is 3.50. The molecule has 0 bridgehead atoms. The second-order valence-corrected chi connectivity index (χ2v) is 4.87. The van der Waals surface area contributed by atoms with Crippen LogP contribution < -0.4 is 0 Å². The van der Waals surface area contributed by atoms with Gasteiger partial charge in [-0.1, -0.05) is 6.07 Å². The number of rotatable bonds is 6. The monoisotopic (exact) mass is 251 g/mol. The SMILES string of the molecule is COCCCSc1cc(C#N)ccc1[C@H](C)O. The molecule has 0 saturated heterocycles. The molecule has 0 spiro atoms. The molecule has 1 N–H and O–H groups in total. The number of thioether (sulfide) groups is 1. The van der Waals surface area contributed by atoms with Crippen molar-refractivity contribution in [3.05, 3.63) is 29.3 Å². The van der Waals surface area contributed by atoms with Crippen molar-refractivity contribution in [1.29, 1.82) is 5.26 Å². The average Bonchev–Trinajstić information content (AvgIpc) is 2.34. The fourth-order valence-corrected chi connectivity index (χ4v) is 2.56. The Morgan fingerprint density at radius 3 is 2.88 bits per heavy atom. The average molecular weight is 251 g/mol. The Labute approximate surface area is 106 Å². The molecule has 0 aliphatic heterocycles. The minimum atomic E-state index is -0.507. The van der Waals surface area contributed by atoms with Crippen molar-refractivity contribution in [3.63, 3.8) is 0 Å². The van der Waals surface area contributed by atoms with E-state index >= 15 is 0 Å². The number of benzene rings is 1.